The minimum Gasteiger partial charge on any atom is -0.373 e. The van der Waals surface area contributed by atoms with E-state index < -0.39 is 27.2 Å². The van der Waals surface area contributed by atoms with Crippen LogP contribution in [0, 0.1) is 5.82 Å². The molecule has 0 saturated carbocycles. The highest BCUT2D eigenvalue weighted by Gasteiger charge is 2.49. The number of halogens is 5. The van der Waals surface area contributed by atoms with Gasteiger partial charge in [-0.05, 0) is 30.9 Å². The number of hydrogen-bond acceptors (Lipinski definition) is 3. The van der Waals surface area contributed by atoms with Crippen molar-refractivity contribution in [2.24, 2.45) is 0 Å². The molecule has 9 heteroatoms. The van der Waals surface area contributed by atoms with E-state index in [9.17, 15) is 26.0 Å². The van der Waals surface area contributed by atoms with Gasteiger partial charge in [0.25, 0.3) is 0 Å². The van der Waals surface area contributed by atoms with E-state index in [4.69, 9.17) is 0 Å². The van der Waals surface area contributed by atoms with E-state index in [2.05, 4.69) is 20.1 Å². The molecule has 0 aromatic heterocycles. The molecular formula is C10H7BrF4O3S. The van der Waals surface area contributed by atoms with Gasteiger partial charge in [-0.25, -0.2) is 4.39 Å². The highest BCUT2D eigenvalue weighted by atomic mass is 79.9. The first-order chi connectivity index (χ1) is 8.63. The molecule has 0 bridgehead atoms. The van der Waals surface area contributed by atoms with Crippen LogP contribution in [0.4, 0.5) is 17.6 Å². The minimum atomic E-state index is -5.86. The normalized spacial score (nSPS) is 15.4. The van der Waals surface area contributed by atoms with Crippen LogP contribution in [-0.2, 0) is 23.0 Å². The Morgan fingerprint density at radius 3 is 2.37 bits per heavy atom. The van der Waals surface area contributed by atoms with Crippen molar-refractivity contribution in [2.45, 2.75) is 24.8 Å². The fourth-order valence-corrected chi connectivity index (χ4v) is 3.05. The van der Waals surface area contributed by atoms with Crippen LogP contribution in [0.3, 0.4) is 0 Å². The van der Waals surface area contributed by atoms with Crippen molar-refractivity contribution >= 4 is 26.0 Å². The Labute approximate surface area is 114 Å². The summed E-state index contributed by atoms with van der Waals surface area (Å²) in [6.07, 6.45) is 1.40. The van der Waals surface area contributed by atoms with Gasteiger partial charge in [-0.2, -0.15) is 21.6 Å². The third kappa shape index (κ3) is 2.58. The maximum atomic E-state index is 13.6. The van der Waals surface area contributed by atoms with Crippen molar-refractivity contribution < 1.29 is 30.2 Å². The molecule has 19 heavy (non-hydrogen) atoms. The molecule has 106 valence electrons. The second-order valence-corrected chi connectivity index (χ2v) is 6.36. The Hall–Kier alpha value is -0.830. The van der Waals surface area contributed by atoms with Crippen LogP contribution in [0.2, 0.25) is 0 Å². The standard InChI is InChI=1S/C10H7BrF4O3S/c11-7-4-8(12)9(6-3-1-2-5(6)7)18-19(16,17)10(13,14)15/h4H,1-3H2. The summed E-state index contributed by atoms with van der Waals surface area (Å²) in [5, 5.41) is 0. The van der Waals surface area contributed by atoms with Gasteiger partial charge in [-0.15, -0.1) is 0 Å². The van der Waals surface area contributed by atoms with E-state index in [0.29, 0.717) is 22.9 Å². The number of fused-ring (bicyclic) bond motifs is 1. The average molecular weight is 363 g/mol. The molecule has 0 heterocycles. The highest BCUT2D eigenvalue weighted by Crippen LogP contribution is 2.40. The lowest BCUT2D eigenvalue weighted by molar-refractivity contribution is -0.0501. The molecule has 1 aromatic carbocycles. The lowest BCUT2D eigenvalue weighted by Gasteiger charge is -2.14. The quantitative estimate of drug-likeness (QED) is 0.460. The third-order valence-electron chi connectivity index (χ3n) is 2.73. The monoisotopic (exact) mass is 362 g/mol. The maximum absolute atomic E-state index is 13.6. The zero-order chi connectivity index (χ0) is 14.4. The summed E-state index contributed by atoms with van der Waals surface area (Å²) in [5.41, 5.74) is -4.84. The second kappa shape index (κ2) is 4.62. The molecule has 0 radical (unpaired) electrons. The van der Waals surface area contributed by atoms with Gasteiger partial charge in [0.2, 0.25) is 0 Å². The van der Waals surface area contributed by atoms with Crippen LogP contribution in [0.5, 0.6) is 5.75 Å². The van der Waals surface area contributed by atoms with E-state index >= 15 is 0 Å². The first-order valence-electron chi connectivity index (χ1n) is 5.14. The number of rotatable bonds is 2. The Bertz CT molecular complexity index is 625. The van der Waals surface area contributed by atoms with Crippen LogP contribution in [-0.4, -0.2) is 13.9 Å². The van der Waals surface area contributed by atoms with Gasteiger partial charge in [0.1, 0.15) is 0 Å². The molecule has 0 spiro atoms. The van der Waals surface area contributed by atoms with Crippen molar-refractivity contribution in [3.05, 3.63) is 27.5 Å². The van der Waals surface area contributed by atoms with Crippen LogP contribution >= 0.6 is 15.9 Å². The van der Waals surface area contributed by atoms with Crippen molar-refractivity contribution in [2.75, 3.05) is 0 Å². The van der Waals surface area contributed by atoms with Gasteiger partial charge in [0.05, 0.1) is 0 Å². The molecule has 0 saturated heterocycles. The summed E-state index contributed by atoms with van der Waals surface area (Å²) < 4.78 is 76.6. The SMILES string of the molecule is O=S(=O)(Oc1c(F)cc(Br)c2c1CCC2)C(F)(F)F. The first kappa shape index (κ1) is 14.6. The van der Waals surface area contributed by atoms with Crippen LogP contribution in [0.25, 0.3) is 0 Å². The van der Waals surface area contributed by atoms with Gasteiger partial charge < -0.3 is 4.18 Å². The topological polar surface area (TPSA) is 43.4 Å². The molecule has 1 aromatic rings. The van der Waals surface area contributed by atoms with Gasteiger partial charge >= 0.3 is 15.6 Å². The molecule has 3 nitrogen and oxygen atoms in total. The molecule has 0 fully saturated rings. The predicted octanol–water partition coefficient (Wildman–Crippen LogP) is 3.31. The minimum absolute atomic E-state index is 0.166. The molecule has 0 aliphatic heterocycles. The Kier molecular flexibility index (Phi) is 3.54. The lowest BCUT2D eigenvalue weighted by atomic mass is 10.1. The zero-order valence-electron chi connectivity index (χ0n) is 9.22. The molecular weight excluding hydrogens is 356 g/mol. The summed E-state index contributed by atoms with van der Waals surface area (Å²) in [7, 11) is -5.86. The molecule has 0 N–H and O–H groups in total. The molecule has 2 rings (SSSR count). The molecule has 1 aliphatic rings. The largest absolute Gasteiger partial charge is 0.534 e. The van der Waals surface area contributed by atoms with Gasteiger partial charge in [-0.1, -0.05) is 15.9 Å². The van der Waals surface area contributed by atoms with Crippen molar-refractivity contribution in [1.82, 2.24) is 0 Å². The maximum Gasteiger partial charge on any atom is 0.534 e. The van der Waals surface area contributed by atoms with Crippen molar-refractivity contribution in [1.29, 1.82) is 0 Å². The molecule has 0 atom stereocenters. The van der Waals surface area contributed by atoms with E-state index in [1.54, 1.807) is 0 Å². The number of hydrogen-bond donors (Lipinski definition) is 0. The lowest BCUT2D eigenvalue weighted by Crippen LogP contribution is -2.28. The molecule has 1 aliphatic carbocycles. The van der Waals surface area contributed by atoms with E-state index in [1.165, 1.54) is 0 Å². The highest BCUT2D eigenvalue weighted by molar-refractivity contribution is 9.10. The molecule has 0 unspecified atom stereocenters. The summed E-state index contributed by atoms with van der Waals surface area (Å²) in [4.78, 5) is 0. The van der Waals surface area contributed by atoms with E-state index in [0.717, 1.165) is 6.07 Å². The zero-order valence-corrected chi connectivity index (χ0v) is 11.6. The van der Waals surface area contributed by atoms with Crippen LogP contribution in [0.15, 0.2) is 10.5 Å². The second-order valence-electron chi connectivity index (χ2n) is 3.96. The number of benzene rings is 1. The fraction of sp³-hybridized carbons (Fsp3) is 0.400. The summed E-state index contributed by atoms with van der Waals surface area (Å²) in [5.74, 6) is -1.99. The smallest absolute Gasteiger partial charge is 0.373 e. The van der Waals surface area contributed by atoms with Crippen molar-refractivity contribution in [3.63, 3.8) is 0 Å². The van der Waals surface area contributed by atoms with E-state index in [1.807, 2.05) is 0 Å². The average Bonchev–Trinajstić information content (AvgIpc) is 2.71. The van der Waals surface area contributed by atoms with Crippen molar-refractivity contribution in [3.8, 4) is 5.75 Å². The van der Waals surface area contributed by atoms with E-state index in [-0.39, 0.29) is 12.0 Å². The Balaban J connectivity index is 2.51. The predicted molar refractivity (Wildman–Crippen MR) is 61.7 cm³/mol. The Morgan fingerprint density at radius 1 is 1.21 bits per heavy atom. The Morgan fingerprint density at radius 2 is 1.79 bits per heavy atom. The van der Waals surface area contributed by atoms with Gasteiger partial charge in [0, 0.05) is 10.0 Å². The molecule has 0 amide bonds. The summed E-state index contributed by atoms with van der Waals surface area (Å²) in [6, 6.07) is 0.908. The van der Waals surface area contributed by atoms with Gasteiger partial charge in [-0.3, -0.25) is 0 Å². The summed E-state index contributed by atoms with van der Waals surface area (Å²) in [6.45, 7) is 0. The first-order valence-corrected chi connectivity index (χ1v) is 7.34. The fourth-order valence-electron chi connectivity index (χ4n) is 1.91. The van der Waals surface area contributed by atoms with Gasteiger partial charge in [0.15, 0.2) is 11.6 Å². The van der Waals surface area contributed by atoms with Crippen LogP contribution < -0.4 is 4.18 Å². The number of alkyl halides is 3. The summed E-state index contributed by atoms with van der Waals surface area (Å²) >= 11 is 3.08. The van der Waals surface area contributed by atoms with Crippen LogP contribution in [0.1, 0.15) is 17.5 Å². The third-order valence-corrected chi connectivity index (χ3v) is 4.39.